The van der Waals surface area contributed by atoms with Gasteiger partial charge in [-0.15, -0.1) is 5.10 Å². The van der Waals surface area contributed by atoms with Gasteiger partial charge in [-0.05, 0) is 42.0 Å². The second-order valence-corrected chi connectivity index (χ2v) is 6.56. The van der Waals surface area contributed by atoms with Crippen molar-refractivity contribution in [3.63, 3.8) is 0 Å². The highest BCUT2D eigenvalue weighted by molar-refractivity contribution is 6.30. The fraction of sp³-hybridized carbons (Fsp3) is 0.0952. The number of hydrogen-bond donors (Lipinski definition) is 1. The minimum Gasteiger partial charge on any atom is -0.484 e. The van der Waals surface area contributed by atoms with Gasteiger partial charge < -0.3 is 14.5 Å². The highest BCUT2D eigenvalue weighted by Gasteiger charge is 2.19. The summed E-state index contributed by atoms with van der Waals surface area (Å²) in [5, 5.41) is 8.05. The van der Waals surface area contributed by atoms with E-state index in [1.807, 2.05) is 36.4 Å². The Labute approximate surface area is 171 Å². The number of furan rings is 1. The number of anilines is 1. The van der Waals surface area contributed by atoms with Gasteiger partial charge in [0.2, 0.25) is 11.8 Å². The van der Waals surface area contributed by atoms with Crippen molar-refractivity contribution in [1.82, 2.24) is 14.8 Å². The van der Waals surface area contributed by atoms with Crippen molar-refractivity contribution in [2.24, 2.45) is 0 Å². The Kier molecular flexibility index (Phi) is 5.58. The Balaban J connectivity index is 1.54. The Bertz CT molecular complexity index is 1090. The Morgan fingerprint density at radius 1 is 1.10 bits per heavy atom. The maximum absolute atomic E-state index is 12.7. The number of nitrogens with zero attached hydrogens (tertiary/aromatic N) is 3. The summed E-state index contributed by atoms with van der Waals surface area (Å²) in [5.74, 6) is 1.29. The molecule has 29 heavy (non-hydrogen) atoms. The molecule has 4 aromatic rings. The molecular weight excluding hydrogens is 392 g/mol. The van der Waals surface area contributed by atoms with Gasteiger partial charge in [0, 0.05) is 11.6 Å². The van der Waals surface area contributed by atoms with Crippen LogP contribution in [0.5, 0.6) is 5.75 Å². The molecular formula is C21H17ClN4O3. The third kappa shape index (κ3) is 4.64. The molecule has 0 amide bonds. The number of carbonyl (C=O) groups excluding carboxylic acids is 1. The topological polar surface area (TPSA) is 82.2 Å². The fourth-order valence-corrected chi connectivity index (χ4v) is 2.87. The van der Waals surface area contributed by atoms with E-state index in [9.17, 15) is 4.79 Å². The van der Waals surface area contributed by atoms with Crippen LogP contribution in [-0.4, -0.2) is 27.3 Å². The van der Waals surface area contributed by atoms with Crippen molar-refractivity contribution in [1.29, 1.82) is 0 Å². The van der Waals surface area contributed by atoms with Gasteiger partial charge in [0.1, 0.15) is 5.75 Å². The van der Waals surface area contributed by atoms with Crippen molar-refractivity contribution < 1.29 is 13.9 Å². The van der Waals surface area contributed by atoms with Gasteiger partial charge in [0.15, 0.2) is 12.4 Å². The molecule has 0 spiro atoms. The third-order valence-corrected chi connectivity index (χ3v) is 4.27. The summed E-state index contributed by atoms with van der Waals surface area (Å²) in [7, 11) is 0. The number of rotatable bonds is 7. The molecule has 0 fully saturated rings. The maximum atomic E-state index is 12.7. The zero-order valence-corrected chi connectivity index (χ0v) is 16.0. The van der Waals surface area contributed by atoms with E-state index in [0.29, 0.717) is 28.9 Å². The molecule has 1 N–H and O–H groups in total. The second-order valence-electron chi connectivity index (χ2n) is 6.13. The zero-order valence-electron chi connectivity index (χ0n) is 15.3. The summed E-state index contributed by atoms with van der Waals surface area (Å²) in [5.41, 5.74) is 0.944. The first-order valence-electron chi connectivity index (χ1n) is 8.89. The molecule has 7 nitrogen and oxygen atoms in total. The Morgan fingerprint density at radius 2 is 1.97 bits per heavy atom. The lowest BCUT2D eigenvalue weighted by Crippen LogP contribution is -2.22. The summed E-state index contributed by atoms with van der Waals surface area (Å²) < 4.78 is 12.1. The van der Waals surface area contributed by atoms with Crippen LogP contribution < -0.4 is 10.1 Å². The van der Waals surface area contributed by atoms with Crippen molar-refractivity contribution in [2.45, 2.75) is 6.54 Å². The number of para-hydroxylation sites is 1. The molecule has 0 unspecified atom stereocenters. The molecule has 0 saturated heterocycles. The van der Waals surface area contributed by atoms with Crippen molar-refractivity contribution in [3.05, 3.63) is 83.6 Å². The minimum atomic E-state index is -0.368. The fourth-order valence-electron chi connectivity index (χ4n) is 2.66. The SMILES string of the molecule is O=C(COc1ccccc1)n1nc(-c2ccco2)nc1NCc1cccc(Cl)c1. The molecule has 0 aliphatic heterocycles. The number of ether oxygens (including phenoxy) is 1. The highest BCUT2D eigenvalue weighted by atomic mass is 35.5. The van der Waals surface area contributed by atoms with Crippen molar-refractivity contribution >= 4 is 23.5 Å². The standard InChI is InChI=1S/C21H17ClN4O3/c22-16-7-4-6-15(12-16)13-23-21-24-20(18-10-5-11-28-18)25-26(21)19(27)14-29-17-8-2-1-3-9-17/h1-12H,13-14H2,(H,23,24,25). The molecule has 0 aliphatic carbocycles. The third-order valence-electron chi connectivity index (χ3n) is 4.03. The van der Waals surface area contributed by atoms with Gasteiger partial charge in [0.25, 0.3) is 5.91 Å². The molecule has 2 aromatic heterocycles. The first-order valence-corrected chi connectivity index (χ1v) is 9.27. The molecule has 0 saturated carbocycles. The molecule has 2 aromatic carbocycles. The van der Waals surface area contributed by atoms with E-state index in [0.717, 1.165) is 5.56 Å². The first kappa shape index (κ1) is 18.8. The van der Waals surface area contributed by atoms with E-state index in [2.05, 4.69) is 15.4 Å². The predicted octanol–water partition coefficient (Wildman–Crippen LogP) is 4.52. The number of hydrogen-bond acceptors (Lipinski definition) is 6. The number of carbonyl (C=O) groups is 1. The largest absolute Gasteiger partial charge is 0.484 e. The van der Waals surface area contributed by atoms with Crippen LogP contribution in [0.2, 0.25) is 5.02 Å². The van der Waals surface area contributed by atoms with Crippen molar-refractivity contribution in [2.75, 3.05) is 11.9 Å². The van der Waals surface area contributed by atoms with Crippen molar-refractivity contribution in [3.8, 4) is 17.3 Å². The van der Waals surface area contributed by atoms with Gasteiger partial charge in [-0.25, -0.2) is 0 Å². The normalized spacial score (nSPS) is 10.7. The smallest absolute Gasteiger partial charge is 0.287 e. The summed E-state index contributed by atoms with van der Waals surface area (Å²) in [6, 6.07) is 20.0. The predicted molar refractivity (Wildman–Crippen MR) is 109 cm³/mol. The van der Waals surface area contributed by atoms with Crippen LogP contribution in [0.4, 0.5) is 5.95 Å². The highest BCUT2D eigenvalue weighted by Crippen LogP contribution is 2.19. The lowest BCUT2D eigenvalue weighted by atomic mass is 10.2. The maximum Gasteiger partial charge on any atom is 0.287 e. The summed E-state index contributed by atoms with van der Waals surface area (Å²) in [6.07, 6.45) is 1.52. The number of benzene rings is 2. The average Bonchev–Trinajstić information content (AvgIpc) is 3.41. The van der Waals surface area contributed by atoms with Crippen LogP contribution in [0.15, 0.2) is 77.4 Å². The molecule has 0 bridgehead atoms. The van der Waals surface area contributed by atoms with Crippen LogP contribution >= 0.6 is 11.6 Å². The quantitative estimate of drug-likeness (QED) is 0.484. The van der Waals surface area contributed by atoms with E-state index in [-0.39, 0.29) is 18.5 Å². The van der Waals surface area contributed by atoms with Crippen LogP contribution in [-0.2, 0) is 6.54 Å². The van der Waals surface area contributed by atoms with Crippen LogP contribution in [0.3, 0.4) is 0 Å². The molecule has 8 heteroatoms. The molecule has 0 aliphatic rings. The number of halogens is 1. The van der Waals surface area contributed by atoms with Gasteiger partial charge >= 0.3 is 0 Å². The molecule has 2 heterocycles. The zero-order chi connectivity index (χ0) is 20.1. The second kappa shape index (κ2) is 8.62. The van der Waals surface area contributed by atoms with Gasteiger partial charge in [0.05, 0.1) is 6.26 Å². The molecule has 146 valence electrons. The number of aromatic nitrogens is 3. The van der Waals surface area contributed by atoms with E-state index < -0.39 is 0 Å². The number of nitrogens with one attached hydrogen (secondary N) is 1. The lowest BCUT2D eigenvalue weighted by Gasteiger charge is -2.08. The molecule has 4 rings (SSSR count). The Morgan fingerprint density at radius 3 is 2.72 bits per heavy atom. The van der Waals surface area contributed by atoms with E-state index in [4.69, 9.17) is 20.8 Å². The van der Waals surface area contributed by atoms with E-state index >= 15 is 0 Å². The molecule has 0 atom stereocenters. The average molecular weight is 409 g/mol. The van der Waals surface area contributed by atoms with Crippen LogP contribution in [0, 0.1) is 0 Å². The van der Waals surface area contributed by atoms with Gasteiger partial charge in [-0.3, -0.25) is 4.79 Å². The minimum absolute atomic E-state index is 0.184. The van der Waals surface area contributed by atoms with Crippen LogP contribution in [0.1, 0.15) is 10.4 Å². The Hall–Kier alpha value is -3.58. The van der Waals surface area contributed by atoms with Gasteiger partial charge in [-0.1, -0.05) is 41.9 Å². The van der Waals surface area contributed by atoms with E-state index in [1.54, 1.807) is 30.3 Å². The first-order chi connectivity index (χ1) is 14.2. The summed E-state index contributed by atoms with van der Waals surface area (Å²) in [4.78, 5) is 17.1. The summed E-state index contributed by atoms with van der Waals surface area (Å²) in [6.45, 7) is 0.237. The summed E-state index contributed by atoms with van der Waals surface area (Å²) >= 11 is 6.04. The van der Waals surface area contributed by atoms with E-state index in [1.165, 1.54) is 10.9 Å². The lowest BCUT2D eigenvalue weighted by molar-refractivity contribution is 0.0824. The van der Waals surface area contributed by atoms with Gasteiger partial charge in [-0.2, -0.15) is 9.67 Å². The monoisotopic (exact) mass is 408 g/mol. The molecule has 0 radical (unpaired) electrons. The van der Waals surface area contributed by atoms with Crippen LogP contribution in [0.25, 0.3) is 11.6 Å².